The first-order valence-electron chi connectivity index (χ1n) is 20.5. The lowest BCUT2D eigenvalue weighted by molar-refractivity contribution is -0.296. The Hall–Kier alpha value is -2.79. The number of halogens is 2. The second-order valence-electron chi connectivity index (χ2n) is 17.3. The Balaban J connectivity index is 1.79. The predicted octanol–water partition coefficient (Wildman–Crippen LogP) is 5.05. The number of benzene rings is 1. The summed E-state index contributed by atoms with van der Waals surface area (Å²) in [5.41, 5.74) is 1.99. The van der Waals surface area contributed by atoms with Gasteiger partial charge in [-0.15, -0.1) is 0 Å². The maximum Gasteiger partial charge on any atom is 0.425 e. The molecule has 0 aliphatic carbocycles. The van der Waals surface area contributed by atoms with Gasteiger partial charge in [0.1, 0.15) is 18.0 Å². The summed E-state index contributed by atoms with van der Waals surface area (Å²) >= 11 is 0. The van der Waals surface area contributed by atoms with Crippen molar-refractivity contribution in [3.8, 4) is 0 Å². The van der Waals surface area contributed by atoms with Crippen molar-refractivity contribution in [3.05, 3.63) is 35.6 Å². The number of Topliss-reactive ketones (excluding diaryl/α,β-unsaturated/α-hetero) is 1. The van der Waals surface area contributed by atoms with Gasteiger partial charge in [0.05, 0.1) is 23.9 Å². The monoisotopic (exact) mass is 810 g/mol. The first kappa shape index (κ1) is 46.9. The van der Waals surface area contributed by atoms with E-state index >= 15 is 4.39 Å². The molecule has 0 radical (unpaired) electrons. The SMILES string of the molecule is CC[C@@H]1OC(=O)C(C)(F)C(=O)[C@H](C)[C@@H](O[C@@H]2O[C@H](C)C[C@H](N(C)C)[C@H]2O)[C@@](C)(OC)C[C@@H](C)C(N)[C@@H](C)[C@H]2N(N(CC)CCCc3cccc(F)c3)C(=O)O[C@]12C. The topological polar surface area (TPSA) is 153 Å². The normalized spacial score (nSPS) is 39.9. The third kappa shape index (κ3) is 9.66. The van der Waals surface area contributed by atoms with Crippen LogP contribution in [0.1, 0.15) is 93.6 Å². The minimum Gasteiger partial charge on any atom is -0.455 e. The fourth-order valence-electron chi connectivity index (χ4n) is 9.44. The zero-order valence-electron chi connectivity index (χ0n) is 36.0. The molecule has 324 valence electrons. The summed E-state index contributed by atoms with van der Waals surface area (Å²) in [7, 11) is 5.14. The smallest absolute Gasteiger partial charge is 0.425 e. The first-order valence-corrected chi connectivity index (χ1v) is 20.5. The van der Waals surface area contributed by atoms with Gasteiger partial charge in [-0.3, -0.25) is 4.79 Å². The van der Waals surface area contributed by atoms with E-state index in [2.05, 4.69) is 0 Å². The zero-order chi connectivity index (χ0) is 42.8. The van der Waals surface area contributed by atoms with E-state index in [1.165, 1.54) is 26.2 Å². The number of carbonyl (C=O) groups is 3. The summed E-state index contributed by atoms with van der Waals surface area (Å²) in [5.74, 6) is -5.05. The number of ketones is 1. The predicted molar refractivity (Wildman–Crippen MR) is 210 cm³/mol. The third-order valence-corrected chi connectivity index (χ3v) is 12.9. The highest BCUT2D eigenvalue weighted by atomic mass is 19.1. The molecule has 3 aliphatic heterocycles. The van der Waals surface area contributed by atoms with Crippen LogP contribution in [0.15, 0.2) is 24.3 Å². The minimum absolute atomic E-state index is 0.124. The fraction of sp³-hybridized carbons (Fsp3) is 0.786. The number of aliphatic hydroxyl groups excluding tert-OH is 1. The molecule has 1 aromatic rings. The Morgan fingerprint density at radius 2 is 1.75 bits per heavy atom. The maximum atomic E-state index is 16.9. The fourth-order valence-corrected chi connectivity index (χ4v) is 9.44. The largest absolute Gasteiger partial charge is 0.455 e. The lowest BCUT2D eigenvalue weighted by Crippen LogP contribution is -2.64. The molecule has 0 aromatic heterocycles. The van der Waals surface area contributed by atoms with Crippen molar-refractivity contribution in [2.75, 3.05) is 34.3 Å². The molecule has 3 saturated heterocycles. The van der Waals surface area contributed by atoms with Crippen molar-refractivity contribution in [1.29, 1.82) is 0 Å². The van der Waals surface area contributed by atoms with Crippen LogP contribution in [0.3, 0.4) is 0 Å². The van der Waals surface area contributed by atoms with Crippen LogP contribution in [0, 0.1) is 23.6 Å². The molecular formula is C42H68F2N4O9. The summed E-state index contributed by atoms with van der Waals surface area (Å²) < 4.78 is 61.8. The summed E-state index contributed by atoms with van der Waals surface area (Å²) in [4.78, 5) is 44.2. The number of nitrogens with zero attached hydrogens (tertiary/aromatic N) is 3. The number of esters is 1. The van der Waals surface area contributed by atoms with Crippen molar-refractivity contribution in [3.63, 3.8) is 0 Å². The van der Waals surface area contributed by atoms with E-state index in [1.807, 2.05) is 57.8 Å². The lowest BCUT2D eigenvalue weighted by Gasteiger charge is -2.48. The van der Waals surface area contributed by atoms with Crippen LogP contribution >= 0.6 is 0 Å². The standard InChI is InChI=1S/C42H68F2N4O9/c1-13-31-42(9)34(48(39(52)57-42)47(14-2)20-16-18-28-17-15-19-29(43)22-28)26(5)32(45)24(3)23-40(7,53-12)36(27(6)35(50)41(8,44)38(51)55-31)56-37-33(49)30(46(10)11)21-25(4)54-37/h15,17,19,22,24-27,30-34,36-37,49H,13-14,16,18,20-21,23,45H2,1-12H3/t24-,25-,26-,27+,30+,31+,32?,33-,34-,36-,37+,40+,41?,42-/m1/s1. The number of amides is 1. The number of ether oxygens (including phenoxy) is 5. The molecule has 0 spiro atoms. The number of hydrogen-bond acceptors (Lipinski definition) is 12. The quantitative estimate of drug-likeness (QED) is 0.227. The molecule has 3 fully saturated rings. The number of rotatable bonds is 11. The summed E-state index contributed by atoms with van der Waals surface area (Å²) in [6.07, 6.45) is -3.76. The van der Waals surface area contributed by atoms with E-state index in [0.717, 1.165) is 12.5 Å². The number of nitrogens with two attached hydrogens (primary N) is 1. The number of fused-ring (bicyclic) bond motifs is 1. The summed E-state index contributed by atoms with van der Waals surface area (Å²) in [6, 6.07) is 4.60. The van der Waals surface area contributed by atoms with Crippen LogP contribution in [-0.2, 0) is 39.7 Å². The lowest BCUT2D eigenvalue weighted by atomic mass is 9.72. The van der Waals surface area contributed by atoms with Crippen molar-refractivity contribution in [2.45, 2.75) is 160 Å². The third-order valence-electron chi connectivity index (χ3n) is 12.9. The molecule has 3 N–H and O–H groups in total. The molecule has 1 amide bonds. The Kier molecular flexibility index (Phi) is 15.3. The molecule has 1 aromatic carbocycles. The van der Waals surface area contributed by atoms with Gasteiger partial charge in [0.25, 0.3) is 5.67 Å². The number of hydrogen-bond donors (Lipinski definition) is 2. The number of cyclic esters (lactones) is 1. The second kappa shape index (κ2) is 18.6. The average molecular weight is 811 g/mol. The number of methoxy groups -OCH3 is 1. The maximum absolute atomic E-state index is 16.9. The molecule has 0 bridgehead atoms. The van der Waals surface area contributed by atoms with E-state index in [1.54, 1.807) is 31.8 Å². The summed E-state index contributed by atoms with van der Waals surface area (Å²) in [6.45, 7) is 15.9. The van der Waals surface area contributed by atoms with Gasteiger partial charge < -0.3 is 39.4 Å². The van der Waals surface area contributed by atoms with Crippen molar-refractivity contribution < 1.29 is 52.0 Å². The molecule has 57 heavy (non-hydrogen) atoms. The van der Waals surface area contributed by atoms with E-state index in [4.69, 9.17) is 29.4 Å². The van der Waals surface area contributed by atoms with Gasteiger partial charge >= 0.3 is 12.1 Å². The van der Waals surface area contributed by atoms with Crippen molar-refractivity contribution >= 4 is 17.8 Å². The van der Waals surface area contributed by atoms with Crippen LogP contribution in [0.25, 0.3) is 0 Å². The molecule has 4 rings (SSSR count). The van der Waals surface area contributed by atoms with Crippen LogP contribution in [0.2, 0.25) is 0 Å². The van der Waals surface area contributed by atoms with E-state index < -0.39 is 83.2 Å². The Morgan fingerprint density at radius 1 is 1.09 bits per heavy atom. The number of hydrazine groups is 1. The molecule has 13 nitrogen and oxygen atoms in total. The van der Waals surface area contributed by atoms with Gasteiger partial charge in [0.2, 0.25) is 0 Å². The molecule has 3 heterocycles. The number of aliphatic hydroxyl groups is 1. The molecule has 3 aliphatic rings. The van der Waals surface area contributed by atoms with E-state index in [9.17, 15) is 23.9 Å². The average Bonchev–Trinajstić information content (AvgIpc) is 3.43. The molecule has 0 saturated carbocycles. The van der Waals surface area contributed by atoms with Crippen LogP contribution in [0.5, 0.6) is 0 Å². The molecule has 15 heteroatoms. The molecule has 2 unspecified atom stereocenters. The van der Waals surface area contributed by atoms with Gasteiger partial charge in [-0.2, -0.15) is 0 Å². The number of likely N-dealkylation sites (N-methyl/N-ethyl adjacent to an activating group) is 1. The van der Waals surface area contributed by atoms with E-state index in [0.29, 0.717) is 32.4 Å². The van der Waals surface area contributed by atoms with Crippen molar-refractivity contribution in [2.24, 2.45) is 23.5 Å². The van der Waals surface area contributed by atoms with Crippen LogP contribution in [-0.4, -0.2) is 138 Å². The second-order valence-corrected chi connectivity index (χ2v) is 17.3. The Bertz CT molecular complexity index is 1550. The number of aryl methyl sites for hydroxylation is 1. The van der Waals surface area contributed by atoms with Gasteiger partial charge in [0.15, 0.2) is 17.7 Å². The van der Waals surface area contributed by atoms with Crippen LogP contribution in [0.4, 0.5) is 13.6 Å². The zero-order valence-corrected chi connectivity index (χ0v) is 36.0. The number of alkyl halides is 1. The van der Waals surface area contributed by atoms with Crippen molar-refractivity contribution in [1.82, 2.24) is 14.9 Å². The first-order chi connectivity index (χ1) is 26.6. The highest BCUT2D eigenvalue weighted by Crippen LogP contribution is 2.45. The Morgan fingerprint density at radius 3 is 2.33 bits per heavy atom. The molecular weight excluding hydrogens is 742 g/mol. The van der Waals surface area contributed by atoms with Gasteiger partial charge in [-0.1, -0.05) is 46.8 Å². The highest BCUT2D eigenvalue weighted by Gasteiger charge is 2.62. The minimum atomic E-state index is -3.16. The van der Waals surface area contributed by atoms with Gasteiger partial charge in [-0.05, 0) is 103 Å². The van der Waals surface area contributed by atoms with Gasteiger partial charge in [-0.25, -0.2) is 28.4 Å². The summed E-state index contributed by atoms with van der Waals surface area (Å²) in [5, 5.41) is 14.8. The highest BCUT2D eigenvalue weighted by molar-refractivity contribution is 6.07. The number of carbonyl (C=O) groups excluding carboxylic acids is 3. The molecule has 14 atom stereocenters. The van der Waals surface area contributed by atoms with Gasteiger partial charge in [0, 0.05) is 38.2 Å². The van der Waals surface area contributed by atoms with Crippen LogP contribution < -0.4 is 5.73 Å². The Labute approximate surface area is 337 Å². The van der Waals surface area contributed by atoms with E-state index in [-0.39, 0.29) is 36.7 Å².